The molecule has 136 valence electrons. The van der Waals surface area contributed by atoms with E-state index in [0.717, 1.165) is 30.3 Å². The van der Waals surface area contributed by atoms with Gasteiger partial charge in [-0.25, -0.2) is 4.98 Å². The van der Waals surface area contributed by atoms with Gasteiger partial charge in [-0.05, 0) is 31.9 Å². The number of benzene rings is 1. The van der Waals surface area contributed by atoms with E-state index in [1.165, 1.54) is 0 Å². The molecule has 0 saturated carbocycles. The highest BCUT2D eigenvalue weighted by Crippen LogP contribution is 2.36. The number of anilines is 2. The van der Waals surface area contributed by atoms with Crippen molar-refractivity contribution in [3.63, 3.8) is 0 Å². The molecule has 4 nitrogen and oxygen atoms in total. The number of aromatic nitrogens is 2. The molecule has 0 unspecified atom stereocenters. The molecule has 0 saturated heterocycles. The fraction of sp³-hybridized carbons (Fsp3) is 0.444. The summed E-state index contributed by atoms with van der Waals surface area (Å²) in [6.07, 6.45) is -2.40. The van der Waals surface area contributed by atoms with Crippen molar-refractivity contribution in [3.05, 3.63) is 41.6 Å². The smallest absolute Gasteiger partial charge is 0.423 e. The number of para-hydroxylation sites is 1. The molecule has 0 amide bonds. The quantitative estimate of drug-likeness (QED) is 0.732. The van der Waals surface area contributed by atoms with Crippen molar-refractivity contribution in [1.29, 1.82) is 0 Å². The molecule has 7 heteroatoms. The molecular formula is C18H22F3N3O. The van der Waals surface area contributed by atoms with Gasteiger partial charge in [0.1, 0.15) is 5.56 Å². The summed E-state index contributed by atoms with van der Waals surface area (Å²) < 4.78 is 44.7. The normalized spacial score (nSPS) is 11.7. The second kappa shape index (κ2) is 7.72. The summed E-state index contributed by atoms with van der Waals surface area (Å²) >= 11 is 0. The zero-order chi connectivity index (χ0) is 18.6. The van der Waals surface area contributed by atoms with E-state index < -0.39 is 23.7 Å². The van der Waals surface area contributed by atoms with Gasteiger partial charge < -0.3 is 9.64 Å². The Kier molecular flexibility index (Phi) is 5.87. The molecular weight excluding hydrogens is 331 g/mol. The lowest BCUT2D eigenvalue weighted by Crippen LogP contribution is -2.19. The van der Waals surface area contributed by atoms with Crippen LogP contribution in [0.3, 0.4) is 0 Å². The van der Waals surface area contributed by atoms with Crippen LogP contribution in [0.25, 0.3) is 0 Å². The van der Waals surface area contributed by atoms with Gasteiger partial charge in [0.15, 0.2) is 0 Å². The number of rotatable bonds is 6. The maximum atomic E-state index is 13.1. The van der Waals surface area contributed by atoms with Crippen LogP contribution in [0, 0.1) is 0 Å². The first-order chi connectivity index (χ1) is 11.7. The van der Waals surface area contributed by atoms with Crippen molar-refractivity contribution in [2.45, 2.75) is 45.9 Å². The van der Waals surface area contributed by atoms with E-state index in [-0.39, 0.29) is 5.95 Å². The second-order valence-corrected chi connectivity index (χ2v) is 5.99. The zero-order valence-corrected chi connectivity index (χ0v) is 14.8. The average molecular weight is 353 g/mol. The summed E-state index contributed by atoms with van der Waals surface area (Å²) in [6.45, 7) is 5.38. The lowest BCUT2D eigenvalue weighted by atomic mass is 10.1. The van der Waals surface area contributed by atoms with E-state index in [2.05, 4.69) is 16.9 Å². The van der Waals surface area contributed by atoms with Crippen LogP contribution in [0.4, 0.5) is 24.8 Å². The van der Waals surface area contributed by atoms with Gasteiger partial charge in [0.25, 0.3) is 0 Å². The predicted molar refractivity (Wildman–Crippen MR) is 91.3 cm³/mol. The van der Waals surface area contributed by atoms with Crippen LogP contribution in [0.1, 0.15) is 38.3 Å². The van der Waals surface area contributed by atoms with Crippen molar-refractivity contribution in [2.75, 3.05) is 11.9 Å². The van der Waals surface area contributed by atoms with Crippen LogP contribution >= 0.6 is 0 Å². The minimum Gasteiger partial charge on any atom is -0.474 e. The molecule has 0 radical (unpaired) electrons. The zero-order valence-electron chi connectivity index (χ0n) is 14.8. The minimum absolute atomic E-state index is 0.159. The van der Waals surface area contributed by atoms with Crippen LogP contribution in [-0.4, -0.2) is 23.1 Å². The summed E-state index contributed by atoms with van der Waals surface area (Å²) in [5.74, 6) is -0.292. The Morgan fingerprint density at radius 2 is 1.88 bits per heavy atom. The Labute approximate surface area is 145 Å². The molecule has 1 aromatic heterocycles. The molecule has 0 aliphatic rings. The van der Waals surface area contributed by atoms with Crippen LogP contribution in [0.5, 0.6) is 5.88 Å². The fourth-order valence-corrected chi connectivity index (χ4v) is 2.45. The molecule has 0 bridgehead atoms. The monoisotopic (exact) mass is 353 g/mol. The van der Waals surface area contributed by atoms with Crippen molar-refractivity contribution < 1.29 is 17.9 Å². The topological polar surface area (TPSA) is 38.2 Å². The SMILES string of the molecule is CCCc1ccccc1N(C)c1ncc(C(F)(F)F)c(OC(C)C)n1. The Morgan fingerprint density at radius 3 is 2.48 bits per heavy atom. The Hall–Kier alpha value is -2.31. The average Bonchev–Trinajstić information content (AvgIpc) is 2.53. The number of halogens is 3. The van der Waals surface area contributed by atoms with Crippen LogP contribution in [0.15, 0.2) is 30.5 Å². The van der Waals surface area contributed by atoms with Crippen molar-refractivity contribution >= 4 is 11.6 Å². The minimum atomic E-state index is -4.57. The van der Waals surface area contributed by atoms with E-state index in [1.54, 1.807) is 25.8 Å². The third-order valence-electron chi connectivity index (χ3n) is 3.57. The van der Waals surface area contributed by atoms with Gasteiger partial charge in [-0.15, -0.1) is 0 Å². The largest absolute Gasteiger partial charge is 0.474 e. The van der Waals surface area contributed by atoms with Gasteiger partial charge in [-0.2, -0.15) is 18.2 Å². The summed E-state index contributed by atoms with van der Waals surface area (Å²) in [5.41, 5.74) is 0.974. The molecule has 0 aliphatic carbocycles. The van der Waals surface area contributed by atoms with E-state index >= 15 is 0 Å². The van der Waals surface area contributed by atoms with E-state index in [4.69, 9.17) is 4.74 Å². The van der Waals surface area contributed by atoms with Gasteiger partial charge in [0.05, 0.1) is 6.10 Å². The molecule has 0 spiro atoms. The molecule has 25 heavy (non-hydrogen) atoms. The van der Waals surface area contributed by atoms with Crippen LogP contribution in [-0.2, 0) is 12.6 Å². The molecule has 0 fully saturated rings. The molecule has 1 aromatic carbocycles. The lowest BCUT2D eigenvalue weighted by Gasteiger charge is -2.22. The van der Waals surface area contributed by atoms with Crippen LogP contribution in [0.2, 0.25) is 0 Å². The van der Waals surface area contributed by atoms with E-state index in [1.807, 2.05) is 24.3 Å². The number of aryl methyl sites for hydroxylation is 1. The van der Waals surface area contributed by atoms with Gasteiger partial charge in [-0.3, -0.25) is 0 Å². The van der Waals surface area contributed by atoms with Gasteiger partial charge in [-0.1, -0.05) is 31.5 Å². The molecule has 0 N–H and O–H groups in total. The highest BCUT2D eigenvalue weighted by atomic mass is 19.4. The van der Waals surface area contributed by atoms with Crippen molar-refractivity contribution in [3.8, 4) is 5.88 Å². The Bertz CT molecular complexity index is 717. The molecule has 2 rings (SSSR count). The van der Waals surface area contributed by atoms with Crippen molar-refractivity contribution in [2.24, 2.45) is 0 Å². The Morgan fingerprint density at radius 1 is 1.20 bits per heavy atom. The van der Waals surface area contributed by atoms with Gasteiger partial charge in [0.2, 0.25) is 11.8 Å². The molecule has 1 heterocycles. The summed E-state index contributed by atoms with van der Waals surface area (Å²) in [7, 11) is 1.73. The summed E-state index contributed by atoms with van der Waals surface area (Å²) in [5, 5.41) is 0. The number of alkyl halides is 3. The third-order valence-corrected chi connectivity index (χ3v) is 3.57. The Balaban J connectivity index is 2.46. The second-order valence-electron chi connectivity index (χ2n) is 5.99. The highest BCUT2D eigenvalue weighted by molar-refractivity contribution is 5.61. The van der Waals surface area contributed by atoms with Gasteiger partial charge in [0, 0.05) is 18.9 Å². The number of nitrogens with zero attached hydrogens (tertiary/aromatic N) is 3. The number of hydrogen-bond acceptors (Lipinski definition) is 4. The van der Waals surface area contributed by atoms with Gasteiger partial charge >= 0.3 is 6.18 Å². The molecule has 0 atom stereocenters. The molecule has 0 aliphatic heterocycles. The third kappa shape index (κ3) is 4.61. The van der Waals surface area contributed by atoms with Crippen LogP contribution < -0.4 is 9.64 Å². The fourth-order valence-electron chi connectivity index (χ4n) is 2.45. The first-order valence-electron chi connectivity index (χ1n) is 8.16. The van der Waals surface area contributed by atoms with E-state index in [0.29, 0.717) is 0 Å². The maximum Gasteiger partial charge on any atom is 0.423 e. The molecule has 2 aromatic rings. The summed E-state index contributed by atoms with van der Waals surface area (Å²) in [6, 6.07) is 7.70. The first kappa shape index (κ1) is 19.0. The standard InChI is InChI=1S/C18H22F3N3O/c1-5-8-13-9-6-7-10-15(13)24(4)17-22-11-14(18(19,20)21)16(23-17)25-12(2)3/h6-7,9-12H,5,8H2,1-4H3. The highest BCUT2D eigenvalue weighted by Gasteiger charge is 2.36. The first-order valence-corrected chi connectivity index (χ1v) is 8.16. The van der Waals surface area contributed by atoms with Crippen molar-refractivity contribution in [1.82, 2.24) is 9.97 Å². The number of hydrogen-bond donors (Lipinski definition) is 0. The number of ether oxygens (including phenoxy) is 1. The maximum absolute atomic E-state index is 13.1. The summed E-state index contributed by atoms with van der Waals surface area (Å²) in [4.78, 5) is 9.61. The predicted octanol–water partition coefficient (Wildman–Crippen LogP) is 5.00. The van der Waals surface area contributed by atoms with E-state index in [9.17, 15) is 13.2 Å². The lowest BCUT2D eigenvalue weighted by molar-refractivity contribution is -0.139.